The van der Waals surface area contributed by atoms with Crippen LogP contribution in [-0.2, 0) is 4.79 Å². The van der Waals surface area contributed by atoms with Gasteiger partial charge < -0.3 is 15.6 Å². The number of aliphatic hydroxyl groups excluding tert-OH is 1. The molecule has 1 aromatic rings. The Balaban J connectivity index is 2.85. The number of hydrogen-bond donors (Lipinski definition) is 2. The molecule has 0 saturated heterocycles. The minimum Gasteiger partial charge on any atom is -0.467 e. The van der Waals surface area contributed by atoms with Crippen LogP contribution in [0.1, 0.15) is 11.7 Å². The summed E-state index contributed by atoms with van der Waals surface area (Å²) >= 11 is 0. The Bertz CT molecular complexity index is 298. The van der Waals surface area contributed by atoms with Gasteiger partial charge in [0.25, 0.3) is 5.91 Å². The van der Waals surface area contributed by atoms with Crippen LogP contribution < -0.4 is 10.5 Å². The second-order valence-electron chi connectivity index (χ2n) is 2.31. The smallest absolute Gasteiger partial charge is 0.316 e. The molecule has 0 aliphatic carbocycles. The van der Waals surface area contributed by atoms with Gasteiger partial charge in [0.2, 0.25) is 0 Å². The third-order valence-electron chi connectivity index (χ3n) is 1.42. The molecular formula is C7H9N3O3. The maximum absolute atomic E-state index is 10.5. The van der Waals surface area contributed by atoms with Crippen LogP contribution in [0.15, 0.2) is 12.4 Å². The maximum atomic E-state index is 10.5. The normalized spacial score (nSPS) is 12.2. The quantitative estimate of drug-likeness (QED) is 0.626. The molecule has 6 nitrogen and oxygen atoms in total. The van der Waals surface area contributed by atoms with Crippen molar-refractivity contribution in [1.82, 2.24) is 9.97 Å². The minimum absolute atomic E-state index is 0.167. The van der Waals surface area contributed by atoms with E-state index in [4.69, 9.17) is 10.8 Å². The molecule has 0 bridgehead atoms. The predicted molar refractivity (Wildman–Crippen MR) is 42.7 cm³/mol. The molecule has 0 aliphatic rings. The lowest BCUT2D eigenvalue weighted by molar-refractivity contribution is -0.126. The molecule has 1 amide bonds. The van der Waals surface area contributed by atoms with Gasteiger partial charge in [0, 0.05) is 18.0 Å². The van der Waals surface area contributed by atoms with Crippen molar-refractivity contribution >= 4 is 5.91 Å². The zero-order valence-corrected chi connectivity index (χ0v) is 6.97. The van der Waals surface area contributed by atoms with Crippen molar-refractivity contribution < 1.29 is 14.6 Å². The summed E-state index contributed by atoms with van der Waals surface area (Å²) in [5.41, 5.74) is 5.11. The van der Waals surface area contributed by atoms with E-state index in [2.05, 4.69) is 14.7 Å². The first-order valence-corrected chi connectivity index (χ1v) is 3.48. The number of aromatic nitrogens is 2. The van der Waals surface area contributed by atoms with Gasteiger partial charge >= 0.3 is 6.01 Å². The number of primary amides is 1. The highest BCUT2D eigenvalue weighted by atomic mass is 16.5. The van der Waals surface area contributed by atoms with Gasteiger partial charge in [0.15, 0.2) is 6.10 Å². The lowest BCUT2D eigenvalue weighted by Gasteiger charge is -2.05. The molecule has 13 heavy (non-hydrogen) atoms. The van der Waals surface area contributed by atoms with Crippen molar-refractivity contribution in [3.8, 4) is 6.01 Å². The summed E-state index contributed by atoms with van der Waals surface area (Å²) < 4.78 is 4.69. The molecule has 3 N–H and O–H groups in total. The van der Waals surface area contributed by atoms with E-state index in [1.165, 1.54) is 19.5 Å². The van der Waals surface area contributed by atoms with Crippen LogP contribution in [0, 0.1) is 0 Å². The van der Waals surface area contributed by atoms with Gasteiger partial charge in [-0.05, 0) is 0 Å². The van der Waals surface area contributed by atoms with E-state index in [-0.39, 0.29) is 11.6 Å². The van der Waals surface area contributed by atoms with Crippen molar-refractivity contribution in [2.75, 3.05) is 7.11 Å². The molecule has 1 heterocycles. The fourth-order valence-electron chi connectivity index (χ4n) is 0.737. The second-order valence-corrected chi connectivity index (χ2v) is 2.31. The molecule has 0 spiro atoms. The first-order chi connectivity index (χ1) is 6.15. The Morgan fingerprint density at radius 1 is 1.62 bits per heavy atom. The van der Waals surface area contributed by atoms with Gasteiger partial charge in [0.05, 0.1) is 7.11 Å². The van der Waals surface area contributed by atoms with E-state index < -0.39 is 12.0 Å². The van der Waals surface area contributed by atoms with Gasteiger partial charge in [-0.2, -0.15) is 0 Å². The summed E-state index contributed by atoms with van der Waals surface area (Å²) in [7, 11) is 1.42. The molecule has 0 saturated carbocycles. The highest BCUT2D eigenvalue weighted by Gasteiger charge is 2.14. The number of ether oxygens (including phenoxy) is 1. The molecule has 1 rings (SSSR count). The maximum Gasteiger partial charge on any atom is 0.316 e. The van der Waals surface area contributed by atoms with Crippen LogP contribution in [-0.4, -0.2) is 28.1 Å². The topological polar surface area (TPSA) is 98.3 Å². The van der Waals surface area contributed by atoms with Crippen LogP contribution in [0.5, 0.6) is 6.01 Å². The number of carbonyl (C=O) groups excluding carboxylic acids is 1. The van der Waals surface area contributed by atoms with E-state index in [1.807, 2.05) is 0 Å². The summed E-state index contributed by atoms with van der Waals surface area (Å²) in [6.45, 7) is 0. The van der Waals surface area contributed by atoms with Gasteiger partial charge in [-0.1, -0.05) is 0 Å². The zero-order chi connectivity index (χ0) is 9.84. The number of aliphatic hydroxyl groups is 1. The van der Waals surface area contributed by atoms with E-state index in [1.54, 1.807) is 0 Å². The number of methoxy groups -OCH3 is 1. The highest BCUT2D eigenvalue weighted by molar-refractivity contribution is 5.79. The third kappa shape index (κ3) is 2.12. The third-order valence-corrected chi connectivity index (χ3v) is 1.42. The molecular weight excluding hydrogens is 174 g/mol. The molecule has 0 aliphatic heterocycles. The Hall–Kier alpha value is -1.69. The van der Waals surface area contributed by atoms with Gasteiger partial charge in [0.1, 0.15) is 0 Å². The fourth-order valence-corrected chi connectivity index (χ4v) is 0.737. The first-order valence-electron chi connectivity index (χ1n) is 3.48. The SMILES string of the molecule is COc1ncc(C(O)C(N)=O)cn1. The molecule has 0 radical (unpaired) electrons. The van der Waals surface area contributed by atoms with Crippen LogP contribution in [0.4, 0.5) is 0 Å². The van der Waals surface area contributed by atoms with Crippen molar-refractivity contribution in [1.29, 1.82) is 0 Å². The van der Waals surface area contributed by atoms with Crippen LogP contribution in [0.25, 0.3) is 0 Å². The van der Waals surface area contributed by atoms with E-state index in [9.17, 15) is 4.79 Å². The Kier molecular flexibility index (Phi) is 2.76. The summed E-state index contributed by atoms with van der Waals surface area (Å²) in [6, 6.07) is 0.167. The van der Waals surface area contributed by atoms with Crippen molar-refractivity contribution in [3.63, 3.8) is 0 Å². The molecule has 1 unspecified atom stereocenters. The second kappa shape index (κ2) is 3.81. The van der Waals surface area contributed by atoms with Crippen LogP contribution >= 0.6 is 0 Å². The monoisotopic (exact) mass is 183 g/mol. The van der Waals surface area contributed by atoms with Gasteiger partial charge in [-0.3, -0.25) is 4.79 Å². The zero-order valence-electron chi connectivity index (χ0n) is 6.97. The van der Waals surface area contributed by atoms with Crippen molar-refractivity contribution in [3.05, 3.63) is 18.0 Å². The Morgan fingerprint density at radius 3 is 2.54 bits per heavy atom. The summed E-state index contributed by atoms with van der Waals surface area (Å²) in [5.74, 6) is -0.839. The van der Waals surface area contributed by atoms with Crippen LogP contribution in [0.3, 0.4) is 0 Å². The van der Waals surface area contributed by atoms with E-state index in [0.29, 0.717) is 0 Å². The lowest BCUT2D eigenvalue weighted by Crippen LogP contribution is -2.21. The molecule has 1 aromatic heterocycles. The Morgan fingerprint density at radius 2 is 2.15 bits per heavy atom. The Labute approximate surface area is 74.4 Å². The summed E-state index contributed by atoms with van der Waals surface area (Å²) in [6.07, 6.45) is 1.19. The number of carbonyl (C=O) groups is 1. The number of nitrogens with two attached hydrogens (primary N) is 1. The summed E-state index contributed by atoms with van der Waals surface area (Å²) in [4.78, 5) is 17.9. The standard InChI is InChI=1S/C7H9N3O3/c1-13-7-9-2-4(3-10-7)5(11)6(8)12/h2-3,5,11H,1H3,(H2,8,12). The molecule has 70 valence electrons. The molecule has 6 heteroatoms. The lowest BCUT2D eigenvalue weighted by atomic mass is 10.2. The van der Waals surface area contributed by atoms with Crippen LogP contribution in [0.2, 0.25) is 0 Å². The molecule has 0 aromatic carbocycles. The minimum atomic E-state index is -1.37. The van der Waals surface area contributed by atoms with Crippen molar-refractivity contribution in [2.24, 2.45) is 5.73 Å². The predicted octanol–water partition coefficient (Wildman–Crippen LogP) is -0.996. The average molecular weight is 183 g/mol. The first kappa shape index (κ1) is 9.40. The molecule has 0 fully saturated rings. The largest absolute Gasteiger partial charge is 0.467 e. The van der Waals surface area contributed by atoms with Gasteiger partial charge in [-0.15, -0.1) is 0 Å². The number of hydrogen-bond acceptors (Lipinski definition) is 5. The average Bonchev–Trinajstić information content (AvgIpc) is 2.17. The summed E-state index contributed by atoms with van der Waals surface area (Å²) in [5, 5.41) is 9.17. The van der Waals surface area contributed by atoms with E-state index in [0.717, 1.165) is 0 Å². The van der Waals surface area contributed by atoms with Gasteiger partial charge in [-0.25, -0.2) is 9.97 Å². The van der Waals surface area contributed by atoms with Crippen molar-refractivity contribution in [2.45, 2.75) is 6.10 Å². The number of nitrogens with zero attached hydrogens (tertiary/aromatic N) is 2. The fraction of sp³-hybridized carbons (Fsp3) is 0.286. The van der Waals surface area contributed by atoms with E-state index >= 15 is 0 Å². The highest BCUT2D eigenvalue weighted by Crippen LogP contribution is 2.10. The number of amides is 1. The molecule has 1 atom stereocenters. The number of rotatable bonds is 3.